The molecule has 14 heavy (non-hydrogen) atoms. The number of carbonyl (C=O) groups is 1. The second-order valence-electron chi connectivity index (χ2n) is 3.98. The third kappa shape index (κ3) is 3.27. The van der Waals surface area contributed by atoms with E-state index in [0.29, 0.717) is 12.5 Å². The second kappa shape index (κ2) is 5.98. The van der Waals surface area contributed by atoms with E-state index in [1.165, 1.54) is 0 Å². The number of carboxylic acids is 1. The van der Waals surface area contributed by atoms with E-state index in [1.807, 2.05) is 0 Å². The fourth-order valence-corrected chi connectivity index (χ4v) is 2.12. The van der Waals surface area contributed by atoms with Gasteiger partial charge >= 0.3 is 5.97 Å². The maximum Gasteiger partial charge on any atom is 0.306 e. The molecule has 2 atom stereocenters. The van der Waals surface area contributed by atoms with Crippen molar-refractivity contribution in [1.29, 1.82) is 0 Å². The first-order chi connectivity index (χ1) is 6.75. The molecule has 0 aromatic rings. The number of aliphatic carboxylic acids is 1. The molecule has 4 heteroatoms. The molecule has 1 aliphatic carbocycles. The Kier molecular flexibility index (Phi) is 4.90. The lowest BCUT2D eigenvalue weighted by Crippen LogP contribution is -2.30. The number of carboxylic acid groups (broad SMARTS) is 1. The van der Waals surface area contributed by atoms with Gasteiger partial charge < -0.3 is 16.2 Å². The first kappa shape index (κ1) is 11.5. The smallest absolute Gasteiger partial charge is 0.306 e. The van der Waals surface area contributed by atoms with Crippen LogP contribution in [0.3, 0.4) is 0 Å². The average Bonchev–Trinajstić information content (AvgIpc) is 2.60. The highest BCUT2D eigenvalue weighted by atomic mass is 16.4. The van der Waals surface area contributed by atoms with E-state index < -0.39 is 5.97 Å². The summed E-state index contributed by atoms with van der Waals surface area (Å²) in [4.78, 5) is 10.9. The van der Waals surface area contributed by atoms with Gasteiger partial charge in [-0.3, -0.25) is 4.79 Å². The molecule has 1 fully saturated rings. The quantitative estimate of drug-likeness (QED) is 0.543. The van der Waals surface area contributed by atoms with E-state index in [-0.39, 0.29) is 5.92 Å². The van der Waals surface area contributed by atoms with Gasteiger partial charge in [-0.2, -0.15) is 0 Å². The predicted octanol–water partition coefficient (Wildman–Crippen LogP) is 0.426. The van der Waals surface area contributed by atoms with Crippen LogP contribution in [0.5, 0.6) is 0 Å². The fraction of sp³-hybridized carbons (Fsp3) is 0.900. The highest BCUT2D eigenvalue weighted by Gasteiger charge is 2.32. The molecule has 0 aliphatic heterocycles. The molecule has 0 aromatic heterocycles. The summed E-state index contributed by atoms with van der Waals surface area (Å²) in [5.74, 6) is -0.432. The number of rotatable bonds is 6. The van der Waals surface area contributed by atoms with Crippen LogP contribution in [0.25, 0.3) is 0 Å². The maximum atomic E-state index is 10.9. The molecule has 2 unspecified atom stereocenters. The van der Waals surface area contributed by atoms with E-state index in [9.17, 15) is 4.79 Å². The van der Waals surface area contributed by atoms with Crippen molar-refractivity contribution >= 4 is 5.97 Å². The SMILES string of the molecule is NCCCNCC1CCCC1C(=O)O. The summed E-state index contributed by atoms with van der Waals surface area (Å²) in [6.07, 6.45) is 3.91. The normalized spacial score (nSPS) is 26.6. The minimum Gasteiger partial charge on any atom is -0.481 e. The summed E-state index contributed by atoms with van der Waals surface area (Å²) in [5, 5.41) is 12.2. The van der Waals surface area contributed by atoms with Crippen molar-refractivity contribution in [2.24, 2.45) is 17.6 Å². The van der Waals surface area contributed by atoms with E-state index >= 15 is 0 Å². The van der Waals surface area contributed by atoms with Gasteiger partial charge in [0, 0.05) is 0 Å². The van der Waals surface area contributed by atoms with E-state index in [4.69, 9.17) is 10.8 Å². The van der Waals surface area contributed by atoms with Crippen LogP contribution in [0, 0.1) is 11.8 Å². The molecule has 1 rings (SSSR count). The van der Waals surface area contributed by atoms with Gasteiger partial charge in [-0.15, -0.1) is 0 Å². The molecule has 0 bridgehead atoms. The van der Waals surface area contributed by atoms with Crippen LogP contribution in [0.1, 0.15) is 25.7 Å². The second-order valence-corrected chi connectivity index (χ2v) is 3.98. The van der Waals surface area contributed by atoms with Crippen molar-refractivity contribution in [3.63, 3.8) is 0 Å². The van der Waals surface area contributed by atoms with Gasteiger partial charge in [0.25, 0.3) is 0 Å². The van der Waals surface area contributed by atoms with Crippen molar-refractivity contribution in [3.05, 3.63) is 0 Å². The Morgan fingerprint density at radius 2 is 2.29 bits per heavy atom. The summed E-state index contributed by atoms with van der Waals surface area (Å²) >= 11 is 0. The van der Waals surface area contributed by atoms with Crippen LogP contribution in [-0.4, -0.2) is 30.7 Å². The van der Waals surface area contributed by atoms with Crippen LogP contribution in [0.2, 0.25) is 0 Å². The summed E-state index contributed by atoms with van der Waals surface area (Å²) in [6.45, 7) is 2.43. The number of hydrogen-bond acceptors (Lipinski definition) is 3. The predicted molar refractivity (Wildman–Crippen MR) is 55.0 cm³/mol. The molecule has 0 spiro atoms. The molecule has 0 saturated heterocycles. The summed E-state index contributed by atoms with van der Waals surface area (Å²) in [7, 11) is 0. The Labute approximate surface area is 84.9 Å². The molecule has 0 aromatic carbocycles. The highest BCUT2D eigenvalue weighted by molar-refractivity contribution is 5.70. The zero-order valence-corrected chi connectivity index (χ0v) is 8.54. The molecule has 0 amide bonds. The van der Waals surface area contributed by atoms with Gasteiger partial charge in [-0.25, -0.2) is 0 Å². The third-order valence-corrected chi connectivity index (χ3v) is 2.94. The molecule has 1 aliphatic rings. The molecule has 82 valence electrons. The Morgan fingerprint density at radius 3 is 2.93 bits per heavy atom. The topological polar surface area (TPSA) is 75.3 Å². The minimum absolute atomic E-state index is 0.125. The van der Waals surface area contributed by atoms with E-state index in [2.05, 4.69) is 5.32 Å². The number of nitrogens with one attached hydrogen (secondary N) is 1. The summed E-state index contributed by atoms with van der Waals surface area (Å²) < 4.78 is 0. The first-order valence-electron chi connectivity index (χ1n) is 5.39. The van der Waals surface area contributed by atoms with Crippen molar-refractivity contribution in [2.75, 3.05) is 19.6 Å². The van der Waals surface area contributed by atoms with Crippen LogP contribution in [0.4, 0.5) is 0 Å². The lowest BCUT2D eigenvalue weighted by molar-refractivity contribution is -0.142. The molecule has 4 N–H and O–H groups in total. The van der Waals surface area contributed by atoms with Gasteiger partial charge in [0.2, 0.25) is 0 Å². The highest BCUT2D eigenvalue weighted by Crippen LogP contribution is 2.31. The minimum atomic E-state index is -0.631. The fourth-order valence-electron chi connectivity index (χ4n) is 2.12. The molecular weight excluding hydrogens is 180 g/mol. The Bertz CT molecular complexity index is 185. The third-order valence-electron chi connectivity index (χ3n) is 2.94. The molecule has 0 radical (unpaired) electrons. The van der Waals surface area contributed by atoms with Gasteiger partial charge in [0.15, 0.2) is 0 Å². The van der Waals surface area contributed by atoms with E-state index in [1.54, 1.807) is 0 Å². The average molecular weight is 200 g/mol. The molecular formula is C10H20N2O2. The zero-order valence-electron chi connectivity index (χ0n) is 8.54. The van der Waals surface area contributed by atoms with Crippen LogP contribution in [0.15, 0.2) is 0 Å². The van der Waals surface area contributed by atoms with Crippen molar-refractivity contribution in [3.8, 4) is 0 Å². The zero-order chi connectivity index (χ0) is 10.4. The summed E-state index contributed by atoms with van der Waals surface area (Å²) in [5.41, 5.74) is 5.36. The Balaban J connectivity index is 2.19. The first-order valence-corrected chi connectivity index (χ1v) is 5.39. The largest absolute Gasteiger partial charge is 0.481 e. The van der Waals surface area contributed by atoms with Gasteiger partial charge in [0.1, 0.15) is 0 Å². The lowest BCUT2D eigenvalue weighted by Gasteiger charge is -2.15. The number of nitrogens with two attached hydrogens (primary N) is 1. The van der Waals surface area contributed by atoms with Crippen LogP contribution in [-0.2, 0) is 4.79 Å². The molecule has 4 nitrogen and oxygen atoms in total. The van der Waals surface area contributed by atoms with Gasteiger partial charge in [0.05, 0.1) is 5.92 Å². The van der Waals surface area contributed by atoms with Crippen LogP contribution < -0.4 is 11.1 Å². The van der Waals surface area contributed by atoms with Crippen molar-refractivity contribution in [1.82, 2.24) is 5.32 Å². The van der Waals surface area contributed by atoms with Crippen molar-refractivity contribution in [2.45, 2.75) is 25.7 Å². The Hall–Kier alpha value is -0.610. The standard InChI is InChI=1S/C10H20N2O2/c11-5-2-6-12-7-8-3-1-4-9(8)10(13)14/h8-9,12H,1-7,11H2,(H,13,14). The van der Waals surface area contributed by atoms with Crippen molar-refractivity contribution < 1.29 is 9.90 Å². The lowest BCUT2D eigenvalue weighted by atomic mass is 9.96. The monoisotopic (exact) mass is 200 g/mol. The summed E-state index contributed by atoms with van der Waals surface area (Å²) in [6, 6.07) is 0. The van der Waals surface area contributed by atoms with Gasteiger partial charge in [-0.05, 0) is 44.8 Å². The molecule has 0 heterocycles. The molecule has 1 saturated carbocycles. The van der Waals surface area contributed by atoms with E-state index in [0.717, 1.165) is 38.8 Å². The maximum absolute atomic E-state index is 10.9. The Morgan fingerprint density at radius 1 is 1.50 bits per heavy atom. The number of hydrogen-bond donors (Lipinski definition) is 3. The van der Waals surface area contributed by atoms with Crippen LogP contribution >= 0.6 is 0 Å². The van der Waals surface area contributed by atoms with Gasteiger partial charge in [-0.1, -0.05) is 6.42 Å².